The number of piperazine rings is 1. The molecule has 0 spiro atoms. The summed E-state index contributed by atoms with van der Waals surface area (Å²) in [6.45, 7) is 9.26. The van der Waals surface area contributed by atoms with Gasteiger partial charge in [0, 0.05) is 51.0 Å². The first-order chi connectivity index (χ1) is 8.33. The van der Waals surface area contributed by atoms with Gasteiger partial charge >= 0.3 is 0 Å². The average molecular weight is 341 g/mol. The molecule has 1 N–H and O–H groups in total. The van der Waals surface area contributed by atoms with Crippen molar-refractivity contribution in [1.29, 1.82) is 0 Å². The van der Waals surface area contributed by atoms with Gasteiger partial charge in [-0.2, -0.15) is 0 Å². The van der Waals surface area contributed by atoms with Crippen LogP contribution in [0.15, 0.2) is 24.3 Å². The monoisotopic (exact) mass is 339 g/mol. The van der Waals surface area contributed by atoms with Crippen LogP contribution in [0.25, 0.3) is 0 Å². The van der Waals surface area contributed by atoms with Crippen molar-refractivity contribution in [1.82, 2.24) is 10.2 Å². The molecule has 0 atom stereocenters. The second-order valence-corrected chi connectivity index (χ2v) is 5.17. The van der Waals surface area contributed by atoms with Gasteiger partial charge in [-0.1, -0.05) is 17.7 Å². The van der Waals surface area contributed by atoms with Crippen LogP contribution in [0.2, 0.25) is 0 Å². The van der Waals surface area contributed by atoms with E-state index in [1.807, 2.05) is 0 Å². The third kappa shape index (κ3) is 4.40. The maximum atomic E-state index is 3.35. The zero-order valence-corrected chi connectivity index (χ0v) is 14.2. The normalized spacial score (nSPS) is 19.1. The first-order valence-electron chi connectivity index (χ1n) is 6.59. The van der Waals surface area contributed by atoms with Crippen molar-refractivity contribution in [2.75, 3.05) is 44.2 Å². The topological polar surface area (TPSA) is 18.5 Å². The lowest BCUT2D eigenvalue weighted by atomic mass is 10.1. The van der Waals surface area contributed by atoms with Gasteiger partial charge in [0.05, 0.1) is 0 Å². The highest BCUT2D eigenvalue weighted by molar-refractivity contribution is 5.86. The van der Waals surface area contributed by atoms with Crippen LogP contribution in [0.4, 0.5) is 5.69 Å². The summed E-state index contributed by atoms with van der Waals surface area (Å²) in [6.07, 6.45) is 0. The number of hydrogen-bond acceptors (Lipinski definition) is 3. The number of aryl methyl sites for hydroxylation is 1. The molecule has 20 heavy (non-hydrogen) atoms. The second kappa shape index (κ2) is 8.96. The van der Waals surface area contributed by atoms with E-state index in [1.165, 1.54) is 50.5 Å². The van der Waals surface area contributed by atoms with E-state index >= 15 is 0 Å². The molecule has 1 aromatic rings. The van der Waals surface area contributed by atoms with E-state index in [4.69, 9.17) is 0 Å². The molecule has 0 radical (unpaired) electrons. The number of nitrogens with one attached hydrogen (secondary N) is 1. The molecule has 0 aromatic heterocycles. The van der Waals surface area contributed by atoms with Gasteiger partial charge in [-0.05, 0) is 19.1 Å². The van der Waals surface area contributed by atoms with Gasteiger partial charge in [0.25, 0.3) is 0 Å². The van der Waals surface area contributed by atoms with Crippen molar-refractivity contribution in [3.8, 4) is 0 Å². The van der Waals surface area contributed by atoms with E-state index in [9.17, 15) is 0 Å². The zero-order chi connectivity index (χ0) is 11.7. The molecule has 0 amide bonds. The maximum Gasteiger partial charge on any atom is 0.0367 e. The fraction of sp³-hybridized carbons (Fsp3) is 0.571. The smallest absolute Gasteiger partial charge is 0.0367 e. The average Bonchev–Trinajstić information content (AvgIpc) is 2.29. The Labute approximate surface area is 140 Å². The molecule has 0 aliphatic carbocycles. The maximum absolute atomic E-state index is 3.35. The van der Waals surface area contributed by atoms with E-state index in [2.05, 4.69) is 46.3 Å². The van der Waals surface area contributed by atoms with E-state index in [-0.39, 0.29) is 37.2 Å². The van der Waals surface area contributed by atoms with Gasteiger partial charge in [-0.25, -0.2) is 0 Å². The Balaban J connectivity index is 0.00000120. The Kier molecular flexibility index (Phi) is 8.87. The first-order valence-corrected chi connectivity index (χ1v) is 6.59. The van der Waals surface area contributed by atoms with Gasteiger partial charge in [0.2, 0.25) is 0 Å². The minimum absolute atomic E-state index is 0. The fourth-order valence-corrected chi connectivity index (χ4v) is 2.63. The summed E-state index contributed by atoms with van der Waals surface area (Å²) in [4.78, 5) is 5.13. The highest BCUT2D eigenvalue weighted by Crippen LogP contribution is 2.18. The molecule has 2 aliphatic rings. The lowest BCUT2D eigenvalue weighted by Crippen LogP contribution is -2.61. The second-order valence-electron chi connectivity index (χ2n) is 5.17. The first kappa shape index (κ1) is 19.8. The molecular formula is C14H24Cl3N3. The molecular weight excluding hydrogens is 317 g/mol. The van der Waals surface area contributed by atoms with Gasteiger partial charge < -0.3 is 10.2 Å². The van der Waals surface area contributed by atoms with Crippen LogP contribution in [0.5, 0.6) is 0 Å². The molecule has 3 rings (SSSR count). The van der Waals surface area contributed by atoms with Crippen molar-refractivity contribution in [3.05, 3.63) is 29.8 Å². The van der Waals surface area contributed by atoms with Crippen molar-refractivity contribution in [2.45, 2.75) is 13.0 Å². The molecule has 0 bridgehead atoms. The molecule has 1 aromatic carbocycles. The predicted molar refractivity (Wildman–Crippen MR) is 93.4 cm³/mol. The molecule has 3 nitrogen and oxygen atoms in total. The van der Waals surface area contributed by atoms with Crippen LogP contribution in [0.3, 0.4) is 0 Å². The van der Waals surface area contributed by atoms with Gasteiger partial charge in [-0.3, -0.25) is 4.90 Å². The van der Waals surface area contributed by atoms with E-state index < -0.39 is 0 Å². The minimum atomic E-state index is 0. The Morgan fingerprint density at radius 1 is 0.900 bits per heavy atom. The zero-order valence-electron chi connectivity index (χ0n) is 11.7. The Morgan fingerprint density at radius 3 is 1.90 bits per heavy atom. The lowest BCUT2D eigenvalue weighted by molar-refractivity contribution is 0.138. The standard InChI is InChI=1S/C14H21N3.3ClH/c1-12-2-4-13(5-3-12)16-6-8-17(9-7-16)14-10-15-11-14;;;/h2-5,14-15H,6-11H2,1H3;3*1H. The molecule has 116 valence electrons. The van der Waals surface area contributed by atoms with Gasteiger partial charge in [0.15, 0.2) is 0 Å². The largest absolute Gasteiger partial charge is 0.369 e. The molecule has 2 saturated heterocycles. The van der Waals surface area contributed by atoms with Gasteiger partial charge in [0.1, 0.15) is 0 Å². The van der Waals surface area contributed by atoms with Crippen LogP contribution >= 0.6 is 37.2 Å². The summed E-state index contributed by atoms with van der Waals surface area (Å²) in [6, 6.07) is 9.70. The number of anilines is 1. The molecule has 2 fully saturated rings. The summed E-state index contributed by atoms with van der Waals surface area (Å²) in [7, 11) is 0. The van der Waals surface area contributed by atoms with Crippen LogP contribution in [-0.4, -0.2) is 50.2 Å². The highest BCUT2D eigenvalue weighted by Gasteiger charge is 2.27. The van der Waals surface area contributed by atoms with Crippen molar-refractivity contribution >= 4 is 42.9 Å². The number of hydrogen-bond donors (Lipinski definition) is 1. The van der Waals surface area contributed by atoms with Crippen molar-refractivity contribution < 1.29 is 0 Å². The van der Waals surface area contributed by atoms with Crippen LogP contribution < -0.4 is 10.2 Å². The lowest BCUT2D eigenvalue weighted by Gasteiger charge is -2.43. The Morgan fingerprint density at radius 2 is 1.45 bits per heavy atom. The Bertz CT molecular complexity index is 374. The SMILES string of the molecule is Cc1ccc(N2CCN(C3CNC3)CC2)cc1.Cl.Cl.Cl. The van der Waals surface area contributed by atoms with E-state index in [1.54, 1.807) is 0 Å². The number of benzene rings is 1. The summed E-state index contributed by atoms with van der Waals surface area (Å²) >= 11 is 0. The third-order valence-electron chi connectivity index (χ3n) is 3.99. The molecule has 2 heterocycles. The van der Waals surface area contributed by atoms with Crippen molar-refractivity contribution in [3.63, 3.8) is 0 Å². The fourth-order valence-electron chi connectivity index (χ4n) is 2.63. The number of nitrogens with zero attached hydrogens (tertiary/aromatic N) is 2. The summed E-state index contributed by atoms with van der Waals surface area (Å²) in [5, 5.41) is 3.35. The quantitative estimate of drug-likeness (QED) is 0.891. The van der Waals surface area contributed by atoms with E-state index in [0.29, 0.717) is 0 Å². The molecule has 2 aliphatic heterocycles. The third-order valence-corrected chi connectivity index (χ3v) is 3.99. The predicted octanol–water partition coefficient (Wildman–Crippen LogP) is 2.35. The summed E-state index contributed by atoms with van der Waals surface area (Å²) < 4.78 is 0. The van der Waals surface area contributed by atoms with Crippen LogP contribution in [0, 0.1) is 6.92 Å². The van der Waals surface area contributed by atoms with Gasteiger partial charge in [-0.15, -0.1) is 37.2 Å². The Hall–Kier alpha value is -0.190. The molecule has 0 unspecified atom stereocenters. The summed E-state index contributed by atoms with van der Waals surface area (Å²) in [5.74, 6) is 0. The summed E-state index contributed by atoms with van der Waals surface area (Å²) in [5.41, 5.74) is 2.72. The minimum Gasteiger partial charge on any atom is -0.369 e. The number of halogens is 3. The van der Waals surface area contributed by atoms with Crippen molar-refractivity contribution in [2.24, 2.45) is 0 Å². The van der Waals surface area contributed by atoms with Crippen LogP contribution in [-0.2, 0) is 0 Å². The number of rotatable bonds is 2. The molecule has 0 saturated carbocycles. The molecule has 6 heteroatoms. The van der Waals surface area contributed by atoms with Crippen LogP contribution in [0.1, 0.15) is 5.56 Å². The van der Waals surface area contributed by atoms with E-state index in [0.717, 1.165) is 6.04 Å². The highest BCUT2D eigenvalue weighted by atomic mass is 35.5.